The van der Waals surface area contributed by atoms with E-state index >= 15 is 0 Å². The number of hydrogen-bond acceptors (Lipinski definition) is 5. The molecule has 1 aromatic carbocycles. The highest BCUT2D eigenvalue weighted by atomic mass is 35.5. The van der Waals surface area contributed by atoms with Crippen molar-refractivity contribution >= 4 is 34.5 Å². The van der Waals surface area contributed by atoms with Gasteiger partial charge in [-0.3, -0.25) is 9.59 Å². The smallest absolute Gasteiger partial charge is 0.277 e. The molecule has 0 spiro atoms. The third kappa shape index (κ3) is 4.16. The quantitative estimate of drug-likeness (QED) is 0.497. The number of benzene rings is 1. The third-order valence-corrected chi connectivity index (χ3v) is 5.51. The number of oxazole rings is 1. The SMILES string of the molecule is Cc1oc(-c2cccs2)nc1C(=O)Nc1ccc(=O)n(Cc2ccccc2Cl)c1. The molecule has 0 saturated heterocycles. The predicted molar refractivity (Wildman–Crippen MR) is 114 cm³/mol. The molecule has 0 atom stereocenters. The maximum absolute atomic E-state index is 12.7. The van der Waals surface area contributed by atoms with Crippen LogP contribution in [0.2, 0.25) is 5.02 Å². The molecule has 0 aliphatic heterocycles. The minimum Gasteiger partial charge on any atom is -0.440 e. The second kappa shape index (κ2) is 8.06. The first-order valence-corrected chi connectivity index (χ1v) is 10.0. The van der Waals surface area contributed by atoms with Crippen molar-refractivity contribution in [1.29, 1.82) is 0 Å². The molecule has 29 heavy (non-hydrogen) atoms. The average molecular weight is 426 g/mol. The van der Waals surface area contributed by atoms with Gasteiger partial charge in [-0.25, -0.2) is 4.98 Å². The standard InChI is InChI=1S/C21H16ClN3O3S/c1-13-19(24-21(28-13)17-7-4-10-29-17)20(27)23-15-8-9-18(26)25(12-15)11-14-5-2-3-6-16(14)22/h2-10,12H,11H2,1H3,(H,23,27). The molecule has 0 fully saturated rings. The highest BCUT2D eigenvalue weighted by Gasteiger charge is 2.19. The van der Waals surface area contributed by atoms with Crippen LogP contribution in [0.5, 0.6) is 0 Å². The second-order valence-electron chi connectivity index (χ2n) is 6.33. The first kappa shape index (κ1) is 19.2. The number of carbonyl (C=O) groups excluding carboxylic acids is 1. The lowest BCUT2D eigenvalue weighted by Crippen LogP contribution is -2.21. The van der Waals surface area contributed by atoms with Gasteiger partial charge in [-0.05, 0) is 36.1 Å². The fraction of sp³-hybridized carbons (Fsp3) is 0.0952. The van der Waals surface area contributed by atoms with E-state index in [2.05, 4.69) is 10.3 Å². The number of aromatic nitrogens is 2. The van der Waals surface area contributed by atoms with Crippen LogP contribution in [0.3, 0.4) is 0 Å². The minimum atomic E-state index is -0.406. The second-order valence-corrected chi connectivity index (χ2v) is 7.69. The van der Waals surface area contributed by atoms with Crippen LogP contribution < -0.4 is 10.9 Å². The number of anilines is 1. The van der Waals surface area contributed by atoms with Gasteiger partial charge in [0, 0.05) is 17.3 Å². The Hall–Kier alpha value is -3.16. The lowest BCUT2D eigenvalue weighted by molar-refractivity contribution is 0.102. The molecule has 4 aromatic rings. The van der Waals surface area contributed by atoms with Gasteiger partial charge in [0.05, 0.1) is 17.1 Å². The van der Waals surface area contributed by atoms with Gasteiger partial charge in [0.15, 0.2) is 5.69 Å². The van der Waals surface area contributed by atoms with E-state index in [0.29, 0.717) is 28.9 Å². The van der Waals surface area contributed by atoms with Crippen molar-refractivity contribution in [2.45, 2.75) is 13.5 Å². The molecule has 8 heteroatoms. The number of nitrogens with one attached hydrogen (secondary N) is 1. The van der Waals surface area contributed by atoms with E-state index in [9.17, 15) is 9.59 Å². The Morgan fingerprint density at radius 2 is 2.03 bits per heavy atom. The van der Waals surface area contributed by atoms with Crippen LogP contribution >= 0.6 is 22.9 Å². The van der Waals surface area contributed by atoms with E-state index < -0.39 is 5.91 Å². The largest absolute Gasteiger partial charge is 0.440 e. The average Bonchev–Trinajstić information content (AvgIpc) is 3.36. The Bertz CT molecular complexity index is 1230. The molecule has 3 aromatic heterocycles. The molecule has 0 aliphatic rings. The number of hydrogen-bond donors (Lipinski definition) is 1. The highest BCUT2D eigenvalue weighted by Crippen LogP contribution is 2.26. The van der Waals surface area contributed by atoms with E-state index in [1.54, 1.807) is 25.3 Å². The molecular formula is C21H16ClN3O3S. The summed E-state index contributed by atoms with van der Waals surface area (Å²) in [5.74, 6) is 0.429. The van der Waals surface area contributed by atoms with Crippen molar-refractivity contribution in [1.82, 2.24) is 9.55 Å². The van der Waals surface area contributed by atoms with E-state index in [1.165, 1.54) is 22.0 Å². The van der Waals surface area contributed by atoms with Crippen molar-refractivity contribution in [2.75, 3.05) is 5.32 Å². The summed E-state index contributed by atoms with van der Waals surface area (Å²) in [4.78, 5) is 30.1. The molecule has 0 bridgehead atoms. The summed E-state index contributed by atoms with van der Waals surface area (Å²) in [7, 11) is 0. The lowest BCUT2D eigenvalue weighted by Gasteiger charge is -2.10. The molecular weight excluding hydrogens is 410 g/mol. The van der Waals surface area contributed by atoms with Crippen molar-refractivity contribution in [2.24, 2.45) is 0 Å². The Balaban J connectivity index is 1.56. The van der Waals surface area contributed by atoms with E-state index in [1.807, 2.05) is 35.7 Å². The summed E-state index contributed by atoms with van der Waals surface area (Å²) in [6.07, 6.45) is 1.58. The molecule has 146 valence electrons. The van der Waals surface area contributed by atoms with Crippen LogP contribution in [0.4, 0.5) is 5.69 Å². The van der Waals surface area contributed by atoms with Crippen molar-refractivity contribution in [3.8, 4) is 10.8 Å². The maximum Gasteiger partial charge on any atom is 0.277 e. The van der Waals surface area contributed by atoms with Crippen LogP contribution in [0.15, 0.2) is 69.3 Å². The zero-order valence-electron chi connectivity index (χ0n) is 15.4. The molecule has 3 heterocycles. The molecule has 0 aliphatic carbocycles. The van der Waals surface area contributed by atoms with Gasteiger partial charge in [-0.1, -0.05) is 35.9 Å². The first-order valence-electron chi connectivity index (χ1n) is 8.78. The molecule has 1 N–H and O–H groups in total. The molecule has 4 rings (SSSR count). The number of pyridine rings is 1. The Kier molecular flexibility index (Phi) is 5.33. The van der Waals surface area contributed by atoms with Gasteiger partial charge in [0.2, 0.25) is 5.89 Å². The lowest BCUT2D eigenvalue weighted by atomic mass is 10.2. The van der Waals surface area contributed by atoms with Crippen LogP contribution in [-0.4, -0.2) is 15.5 Å². The molecule has 0 saturated carbocycles. The summed E-state index contributed by atoms with van der Waals surface area (Å²) in [6, 6.07) is 14.0. The van der Waals surface area contributed by atoms with Gasteiger partial charge in [0.1, 0.15) is 5.76 Å². The van der Waals surface area contributed by atoms with Gasteiger partial charge < -0.3 is 14.3 Å². The number of halogens is 1. The number of amides is 1. The van der Waals surface area contributed by atoms with Crippen molar-refractivity contribution < 1.29 is 9.21 Å². The number of aryl methyl sites for hydroxylation is 1. The van der Waals surface area contributed by atoms with E-state index in [0.717, 1.165) is 10.4 Å². The van der Waals surface area contributed by atoms with Crippen molar-refractivity contribution in [3.63, 3.8) is 0 Å². The zero-order valence-corrected chi connectivity index (χ0v) is 17.0. The van der Waals surface area contributed by atoms with Crippen molar-refractivity contribution in [3.05, 3.63) is 92.5 Å². The zero-order chi connectivity index (χ0) is 20.4. The van der Waals surface area contributed by atoms with Gasteiger partial charge in [0.25, 0.3) is 11.5 Å². The normalized spacial score (nSPS) is 10.8. The summed E-state index contributed by atoms with van der Waals surface area (Å²) in [6.45, 7) is 1.99. The number of carbonyl (C=O) groups is 1. The van der Waals surface area contributed by atoms with Gasteiger partial charge >= 0.3 is 0 Å². The number of nitrogens with zero attached hydrogens (tertiary/aromatic N) is 2. The van der Waals surface area contributed by atoms with Crippen LogP contribution in [0, 0.1) is 6.92 Å². The van der Waals surface area contributed by atoms with Gasteiger partial charge in [-0.15, -0.1) is 11.3 Å². The fourth-order valence-corrected chi connectivity index (χ4v) is 3.69. The molecule has 0 radical (unpaired) electrons. The van der Waals surface area contributed by atoms with Crippen LogP contribution in [-0.2, 0) is 6.54 Å². The maximum atomic E-state index is 12.7. The predicted octanol–water partition coefficient (Wildman–Crippen LogP) is 4.83. The summed E-state index contributed by atoms with van der Waals surface area (Å²) in [5.41, 5.74) is 1.30. The van der Waals surface area contributed by atoms with Crippen LogP contribution in [0.1, 0.15) is 21.8 Å². The summed E-state index contributed by atoms with van der Waals surface area (Å²) < 4.78 is 7.11. The minimum absolute atomic E-state index is 0.194. The Labute approximate surface area is 175 Å². The van der Waals surface area contributed by atoms with E-state index in [-0.39, 0.29) is 11.3 Å². The Morgan fingerprint density at radius 1 is 1.21 bits per heavy atom. The van der Waals surface area contributed by atoms with Crippen LogP contribution in [0.25, 0.3) is 10.8 Å². The highest BCUT2D eigenvalue weighted by molar-refractivity contribution is 7.13. The number of rotatable bonds is 5. The topological polar surface area (TPSA) is 77.1 Å². The summed E-state index contributed by atoms with van der Waals surface area (Å²) in [5, 5.41) is 5.27. The van der Waals surface area contributed by atoms with Gasteiger partial charge in [-0.2, -0.15) is 0 Å². The fourth-order valence-electron chi connectivity index (χ4n) is 2.84. The molecule has 6 nitrogen and oxygen atoms in total. The third-order valence-electron chi connectivity index (χ3n) is 4.28. The monoisotopic (exact) mass is 425 g/mol. The summed E-state index contributed by atoms with van der Waals surface area (Å²) >= 11 is 7.67. The molecule has 0 unspecified atom stereocenters. The first-order chi connectivity index (χ1) is 14.0. The molecule has 1 amide bonds. The Morgan fingerprint density at radius 3 is 2.79 bits per heavy atom. The number of thiophene rings is 1. The van der Waals surface area contributed by atoms with E-state index in [4.69, 9.17) is 16.0 Å².